The maximum absolute atomic E-state index is 14.7. The number of aromatic nitrogens is 2. The Kier molecular flexibility index (Phi) is 8.53. The van der Waals surface area contributed by atoms with Crippen molar-refractivity contribution in [1.82, 2.24) is 9.13 Å². The molecule has 4 unspecified atom stereocenters. The van der Waals surface area contributed by atoms with Gasteiger partial charge in [-0.1, -0.05) is 19.1 Å². The number of rotatable bonds is 7. The Labute approximate surface area is 240 Å². The summed E-state index contributed by atoms with van der Waals surface area (Å²) >= 11 is 0. The zero-order valence-electron chi connectivity index (χ0n) is 24.5. The zero-order chi connectivity index (χ0) is 31.4. The minimum absolute atomic E-state index is 0.0218. The van der Waals surface area contributed by atoms with E-state index in [1.54, 1.807) is 6.92 Å². The van der Waals surface area contributed by atoms with Crippen molar-refractivity contribution in [3.05, 3.63) is 58.7 Å². The number of aryl methyl sites for hydroxylation is 1. The number of aliphatic hydroxyl groups is 2. The normalized spacial score (nSPS) is 14.7. The summed E-state index contributed by atoms with van der Waals surface area (Å²) in [6.45, 7) is 9.75. The van der Waals surface area contributed by atoms with Crippen molar-refractivity contribution in [3.63, 3.8) is 0 Å². The van der Waals surface area contributed by atoms with Gasteiger partial charge in [0, 0.05) is 50.8 Å². The van der Waals surface area contributed by atoms with Crippen molar-refractivity contribution in [3.8, 4) is 0 Å². The lowest BCUT2D eigenvalue weighted by atomic mass is 9.91. The number of hydrogen-bond donors (Lipinski definition) is 2. The van der Waals surface area contributed by atoms with Crippen LogP contribution in [0.4, 0.5) is 17.6 Å². The number of fused-ring (bicyclic) bond motifs is 7. The van der Waals surface area contributed by atoms with Crippen LogP contribution in [0.3, 0.4) is 0 Å². The largest absolute Gasteiger partial charge is 0.393 e. The molecular weight excluding hydrogens is 552 g/mol. The standard InChI is InChI=1S/C31H31F3N2O4.CH3F/c1-13-7-8-19-23(9-13)35(12-14(2)16(4)37)29-27(19)25(17(5)38)26(18(6)39)28-20-10-21(32)22(33)11-24(20)36(30(28)29)15(3)31(34)40;1-2/h7-11,14-16,31,37,40H,12H2,1-6H3;1H3. The summed E-state index contributed by atoms with van der Waals surface area (Å²) in [5, 5.41) is 21.9. The second-order valence-corrected chi connectivity index (χ2v) is 10.9. The highest BCUT2D eigenvalue weighted by Gasteiger charge is 2.32. The Bertz CT molecular complexity index is 1870. The fourth-order valence-electron chi connectivity index (χ4n) is 5.88. The van der Waals surface area contributed by atoms with E-state index in [0.29, 0.717) is 23.5 Å². The summed E-state index contributed by atoms with van der Waals surface area (Å²) in [5.74, 6) is -3.48. The van der Waals surface area contributed by atoms with Crippen LogP contribution in [0.1, 0.15) is 66.9 Å². The van der Waals surface area contributed by atoms with Crippen LogP contribution >= 0.6 is 0 Å². The van der Waals surface area contributed by atoms with E-state index >= 15 is 0 Å². The van der Waals surface area contributed by atoms with Gasteiger partial charge in [-0.15, -0.1) is 0 Å². The Morgan fingerprint density at radius 1 is 0.833 bits per heavy atom. The number of aliphatic hydroxyl groups excluding tert-OH is 2. The summed E-state index contributed by atoms with van der Waals surface area (Å²) in [4.78, 5) is 26.7. The molecule has 42 heavy (non-hydrogen) atoms. The molecule has 0 amide bonds. The van der Waals surface area contributed by atoms with E-state index in [4.69, 9.17) is 0 Å². The van der Waals surface area contributed by atoms with Crippen LogP contribution in [0.2, 0.25) is 0 Å². The first-order valence-electron chi connectivity index (χ1n) is 13.6. The highest BCUT2D eigenvalue weighted by atomic mass is 19.2. The maximum atomic E-state index is 14.7. The molecule has 4 atom stereocenters. The van der Waals surface area contributed by atoms with Gasteiger partial charge in [0.05, 0.1) is 35.9 Å². The first-order valence-corrected chi connectivity index (χ1v) is 13.6. The van der Waals surface area contributed by atoms with Crippen LogP contribution in [0.5, 0.6) is 0 Å². The van der Waals surface area contributed by atoms with Crippen molar-refractivity contribution in [1.29, 1.82) is 0 Å². The van der Waals surface area contributed by atoms with Gasteiger partial charge in [0.2, 0.25) is 6.36 Å². The monoisotopic (exact) mass is 586 g/mol. The van der Waals surface area contributed by atoms with Crippen LogP contribution in [-0.2, 0) is 6.54 Å². The number of halogens is 4. The van der Waals surface area contributed by atoms with E-state index in [1.165, 1.54) is 25.3 Å². The van der Waals surface area contributed by atoms with E-state index in [0.717, 1.165) is 23.2 Å². The average molecular weight is 587 g/mol. The molecule has 5 rings (SSSR count). The van der Waals surface area contributed by atoms with Crippen LogP contribution in [0.25, 0.3) is 43.6 Å². The van der Waals surface area contributed by atoms with E-state index in [9.17, 15) is 37.4 Å². The number of Topliss-reactive ketones (excluding diaryl/α,β-unsaturated/α-hetero) is 2. The second-order valence-electron chi connectivity index (χ2n) is 10.9. The Hall–Kier alpha value is -3.76. The van der Waals surface area contributed by atoms with Crippen molar-refractivity contribution in [2.75, 3.05) is 7.18 Å². The molecule has 0 aliphatic rings. The van der Waals surface area contributed by atoms with Crippen molar-refractivity contribution in [2.45, 2.75) is 66.6 Å². The highest BCUT2D eigenvalue weighted by molar-refractivity contribution is 6.34. The third kappa shape index (κ3) is 4.76. The minimum Gasteiger partial charge on any atom is -0.393 e. The topological polar surface area (TPSA) is 84.5 Å². The molecule has 0 fully saturated rings. The predicted octanol–water partition coefficient (Wildman–Crippen LogP) is 7.35. The molecule has 0 saturated carbocycles. The molecule has 0 radical (unpaired) electrons. The minimum atomic E-state index is -2.38. The lowest BCUT2D eigenvalue weighted by Crippen LogP contribution is -2.20. The van der Waals surface area contributed by atoms with Crippen molar-refractivity contribution >= 4 is 55.2 Å². The first kappa shape index (κ1) is 31.2. The summed E-state index contributed by atoms with van der Waals surface area (Å²) in [6, 6.07) is 6.24. The molecule has 0 bridgehead atoms. The van der Waals surface area contributed by atoms with E-state index in [1.807, 2.05) is 36.6 Å². The fourth-order valence-corrected chi connectivity index (χ4v) is 5.88. The average Bonchev–Trinajstić information content (AvgIpc) is 3.40. The van der Waals surface area contributed by atoms with Gasteiger partial charge in [-0.3, -0.25) is 14.0 Å². The molecule has 0 aliphatic heterocycles. The number of alkyl halides is 2. The van der Waals surface area contributed by atoms with Gasteiger partial charge in [0.15, 0.2) is 23.2 Å². The molecule has 0 aliphatic carbocycles. The SMILES string of the molecule is CC(=O)c1c(C(C)=O)c2c3cc(F)c(F)cc3n(C(C)C(O)F)c2c2c1c1ccc(C)cc1n2CC(C)C(C)O.CF. The molecule has 2 aromatic heterocycles. The molecule has 3 aromatic carbocycles. The van der Waals surface area contributed by atoms with Crippen LogP contribution in [0.15, 0.2) is 30.3 Å². The smallest absolute Gasteiger partial charge is 0.217 e. The summed E-state index contributed by atoms with van der Waals surface area (Å²) in [7, 11) is 0.500. The van der Waals surface area contributed by atoms with Gasteiger partial charge in [-0.25, -0.2) is 13.2 Å². The van der Waals surface area contributed by atoms with E-state index < -0.39 is 41.7 Å². The highest BCUT2D eigenvalue weighted by Crippen LogP contribution is 2.46. The van der Waals surface area contributed by atoms with E-state index in [-0.39, 0.29) is 45.4 Å². The Morgan fingerprint density at radius 2 is 1.38 bits per heavy atom. The van der Waals surface area contributed by atoms with Crippen molar-refractivity contribution in [2.24, 2.45) is 5.92 Å². The number of carbonyl (C=O) groups excluding carboxylic acids is 2. The summed E-state index contributed by atoms with van der Waals surface area (Å²) < 4.78 is 56.8. The van der Waals surface area contributed by atoms with Gasteiger partial charge >= 0.3 is 0 Å². The first-order chi connectivity index (χ1) is 19.8. The Morgan fingerprint density at radius 3 is 1.90 bits per heavy atom. The molecular formula is C32H34F4N2O4. The summed E-state index contributed by atoms with van der Waals surface area (Å²) in [5.41, 5.74) is 2.57. The van der Waals surface area contributed by atoms with Gasteiger partial charge in [-0.2, -0.15) is 0 Å². The van der Waals surface area contributed by atoms with Crippen LogP contribution < -0.4 is 0 Å². The molecule has 2 heterocycles. The predicted molar refractivity (Wildman–Crippen MR) is 157 cm³/mol. The van der Waals surface area contributed by atoms with Gasteiger partial charge in [-0.05, 0) is 58.2 Å². The quantitative estimate of drug-likeness (QED) is 0.154. The summed E-state index contributed by atoms with van der Waals surface area (Å²) in [6.07, 6.45) is -3.08. The third-order valence-corrected chi connectivity index (χ3v) is 8.04. The third-order valence-electron chi connectivity index (χ3n) is 8.04. The van der Waals surface area contributed by atoms with E-state index in [2.05, 4.69) is 0 Å². The lowest BCUT2D eigenvalue weighted by Gasteiger charge is -2.21. The number of ketones is 2. The van der Waals surface area contributed by atoms with Gasteiger partial charge in [0.25, 0.3) is 0 Å². The van der Waals surface area contributed by atoms with Crippen LogP contribution in [-0.4, -0.2) is 50.6 Å². The van der Waals surface area contributed by atoms with Crippen LogP contribution in [0, 0.1) is 24.5 Å². The van der Waals surface area contributed by atoms with Crippen molar-refractivity contribution < 1.29 is 37.4 Å². The molecule has 2 N–H and O–H groups in total. The number of nitrogens with zero attached hydrogens (tertiary/aromatic N) is 2. The molecule has 6 nitrogen and oxygen atoms in total. The molecule has 0 saturated heterocycles. The number of carbonyl (C=O) groups is 2. The molecule has 224 valence electrons. The zero-order valence-corrected chi connectivity index (χ0v) is 24.5. The Balaban J connectivity index is 0.00000198. The number of hydrogen-bond acceptors (Lipinski definition) is 4. The van der Waals surface area contributed by atoms with Gasteiger partial charge < -0.3 is 19.3 Å². The molecule has 0 spiro atoms. The molecule has 10 heteroatoms. The fraction of sp³-hybridized carbons (Fsp3) is 0.375. The van der Waals surface area contributed by atoms with Gasteiger partial charge in [0.1, 0.15) is 0 Å². The maximum Gasteiger partial charge on any atom is 0.217 e. The second kappa shape index (κ2) is 11.5. The molecule has 5 aromatic rings. The number of benzene rings is 3. The lowest BCUT2D eigenvalue weighted by molar-refractivity contribution is 0.00301.